The van der Waals surface area contributed by atoms with E-state index in [2.05, 4.69) is 41.4 Å². The van der Waals surface area contributed by atoms with Crippen LogP contribution in [0, 0.1) is 0 Å². The van der Waals surface area contributed by atoms with Crippen LogP contribution >= 0.6 is 11.3 Å². The maximum absolute atomic E-state index is 13.0. The first-order valence-electron chi connectivity index (χ1n) is 8.59. The molecule has 126 valence electrons. The van der Waals surface area contributed by atoms with Crippen molar-refractivity contribution < 1.29 is 4.79 Å². The van der Waals surface area contributed by atoms with Crippen LogP contribution in [0.2, 0.25) is 0 Å². The normalized spacial score (nSPS) is 16.5. The lowest BCUT2D eigenvalue weighted by Crippen LogP contribution is -2.39. The third-order valence-electron chi connectivity index (χ3n) is 4.83. The zero-order valence-corrected chi connectivity index (χ0v) is 14.8. The Bertz CT molecular complexity index is 845. The van der Waals surface area contributed by atoms with Gasteiger partial charge in [-0.25, -0.2) is 4.98 Å². The van der Waals surface area contributed by atoms with E-state index in [1.54, 1.807) is 11.3 Å². The highest BCUT2D eigenvalue weighted by Crippen LogP contribution is 2.33. The predicted molar refractivity (Wildman–Crippen MR) is 100 cm³/mol. The highest BCUT2D eigenvalue weighted by Gasteiger charge is 2.30. The van der Waals surface area contributed by atoms with Crippen molar-refractivity contribution in [2.24, 2.45) is 0 Å². The van der Waals surface area contributed by atoms with Gasteiger partial charge in [0, 0.05) is 18.3 Å². The summed E-state index contributed by atoms with van der Waals surface area (Å²) in [6.45, 7) is 0.686. The topological polar surface area (TPSA) is 33.2 Å². The number of carbonyl (C=O) groups is 1. The first kappa shape index (κ1) is 16.0. The number of aromatic nitrogens is 1. The number of benzene rings is 2. The zero-order valence-electron chi connectivity index (χ0n) is 14.0. The molecule has 0 N–H and O–H groups in total. The van der Waals surface area contributed by atoms with Crippen molar-refractivity contribution in [3.63, 3.8) is 0 Å². The van der Waals surface area contributed by atoms with Crippen LogP contribution in [0.25, 0.3) is 0 Å². The van der Waals surface area contributed by atoms with Gasteiger partial charge in [0.15, 0.2) is 0 Å². The maximum Gasteiger partial charge on any atom is 0.223 e. The Morgan fingerprint density at radius 3 is 2.60 bits per heavy atom. The van der Waals surface area contributed by atoms with Crippen LogP contribution in [-0.4, -0.2) is 15.8 Å². The largest absolute Gasteiger partial charge is 0.331 e. The van der Waals surface area contributed by atoms with Crippen molar-refractivity contribution in [2.45, 2.75) is 31.8 Å². The van der Waals surface area contributed by atoms with Gasteiger partial charge in [-0.1, -0.05) is 54.6 Å². The molecule has 0 spiro atoms. The number of rotatable bonds is 4. The zero-order chi connectivity index (χ0) is 17.1. The molecular weight excluding hydrogens is 328 g/mol. The molecule has 2 aromatic carbocycles. The molecule has 1 amide bonds. The Labute approximate surface area is 152 Å². The Kier molecular flexibility index (Phi) is 4.61. The lowest BCUT2D eigenvalue weighted by molar-refractivity contribution is -0.134. The lowest BCUT2D eigenvalue weighted by atomic mass is 9.89. The highest BCUT2D eigenvalue weighted by molar-refractivity contribution is 7.07. The molecule has 4 rings (SSSR count). The predicted octanol–water partition coefficient (Wildman–Crippen LogP) is 4.40. The molecule has 0 bridgehead atoms. The van der Waals surface area contributed by atoms with Crippen LogP contribution < -0.4 is 0 Å². The van der Waals surface area contributed by atoms with E-state index in [4.69, 9.17) is 0 Å². The molecule has 0 saturated heterocycles. The molecular formula is C21H20N2OS. The average Bonchev–Trinajstić information content (AvgIpc) is 3.19. The molecule has 0 aliphatic carbocycles. The van der Waals surface area contributed by atoms with Gasteiger partial charge in [-0.3, -0.25) is 4.79 Å². The lowest BCUT2D eigenvalue weighted by Gasteiger charge is -2.37. The van der Waals surface area contributed by atoms with E-state index < -0.39 is 0 Å². The second-order valence-corrected chi connectivity index (χ2v) is 7.12. The van der Waals surface area contributed by atoms with Crippen LogP contribution in [0.4, 0.5) is 0 Å². The summed E-state index contributed by atoms with van der Waals surface area (Å²) in [5.41, 5.74) is 6.65. The first-order valence-corrected chi connectivity index (χ1v) is 9.54. The number of fused-ring (bicyclic) bond motifs is 1. The molecule has 0 unspecified atom stereocenters. The smallest absolute Gasteiger partial charge is 0.223 e. The van der Waals surface area contributed by atoms with E-state index in [0.717, 1.165) is 12.1 Å². The minimum atomic E-state index is 0.110. The summed E-state index contributed by atoms with van der Waals surface area (Å²) in [4.78, 5) is 19.3. The molecule has 25 heavy (non-hydrogen) atoms. The third kappa shape index (κ3) is 3.49. The number of hydrogen-bond donors (Lipinski definition) is 0. The van der Waals surface area contributed by atoms with Crippen LogP contribution in [0.3, 0.4) is 0 Å². The van der Waals surface area contributed by atoms with Crippen LogP contribution in [0.1, 0.15) is 34.8 Å². The fraction of sp³-hybridized carbons (Fsp3) is 0.238. The Balaban J connectivity index is 1.59. The number of hydrogen-bond acceptors (Lipinski definition) is 3. The van der Waals surface area contributed by atoms with E-state index in [0.29, 0.717) is 19.4 Å². The summed E-state index contributed by atoms with van der Waals surface area (Å²) in [6.07, 6.45) is 2.10. The molecule has 1 atom stereocenters. The second kappa shape index (κ2) is 7.19. The van der Waals surface area contributed by atoms with E-state index in [-0.39, 0.29) is 11.9 Å². The third-order valence-corrected chi connectivity index (χ3v) is 5.47. The van der Waals surface area contributed by atoms with E-state index in [9.17, 15) is 4.79 Å². The minimum Gasteiger partial charge on any atom is -0.331 e. The first-order chi connectivity index (χ1) is 12.3. The summed E-state index contributed by atoms with van der Waals surface area (Å²) in [5.74, 6) is 0.205. The average molecular weight is 348 g/mol. The molecule has 3 nitrogen and oxygen atoms in total. The van der Waals surface area contributed by atoms with E-state index >= 15 is 0 Å². The second-order valence-electron chi connectivity index (χ2n) is 6.40. The minimum absolute atomic E-state index is 0.110. The van der Waals surface area contributed by atoms with Crippen molar-refractivity contribution in [3.8, 4) is 0 Å². The number of amides is 1. The monoisotopic (exact) mass is 348 g/mol. The van der Waals surface area contributed by atoms with Crippen LogP contribution in [-0.2, 0) is 24.2 Å². The van der Waals surface area contributed by atoms with Gasteiger partial charge in [-0.05, 0) is 29.5 Å². The molecule has 1 aromatic heterocycles. The number of nitrogens with zero attached hydrogens (tertiary/aromatic N) is 2. The maximum atomic E-state index is 13.0. The van der Waals surface area contributed by atoms with E-state index in [1.807, 2.05) is 34.0 Å². The SMILES string of the molecule is O=C(CCc1cscn1)N1Cc2ccccc2C[C@H]1c1ccccc1. The molecule has 4 heteroatoms. The van der Waals surface area contributed by atoms with Crippen molar-refractivity contribution in [2.75, 3.05) is 0 Å². The summed E-state index contributed by atoms with van der Waals surface area (Å²) in [6, 6.07) is 18.9. The van der Waals surface area contributed by atoms with Gasteiger partial charge in [0.05, 0.1) is 17.2 Å². The van der Waals surface area contributed by atoms with Crippen molar-refractivity contribution >= 4 is 17.2 Å². The molecule has 1 aliphatic rings. The van der Waals surface area contributed by atoms with Crippen LogP contribution in [0.15, 0.2) is 65.5 Å². The summed E-state index contributed by atoms with van der Waals surface area (Å²) >= 11 is 1.58. The Hall–Kier alpha value is -2.46. The Morgan fingerprint density at radius 1 is 1.08 bits per heavy atom. The van der Waals surface area contributed by atoms with Crippen molar-refractivity contribution in [1.29, 1.82) is 0 Å². The number of carbonyl (C=O) groups excluding carboxylic acids is 1. The van der Waals surface area contributed by atoms with Crippen LogP contribution in [0.5, 0.6) is 0 Å². The standard InChI is InChI=1S/C21H20N2OS/c24-21(11-10-19-14-25-15-22-19)23-13-18-9-5-4-8-17(18)12-20(23)16-6-2-1-3-7-16/h1-9,14-15,20H,10-13H2/t20-/m0/s1. The van der Waals surface area contributed by atoms with Gasteiger partial charge >= 0.3 is 0 Å². The van der Waals surface area contributed by atoms with Crippen molar-refractivity contribution in [1.82, 2.24) is 9.88 Å². The Morgan fingerprint density at radius 2 is 1.84 bits per heavy atom. The molecule has 2 heterocycles. The fourth-order valence-corrected chi connectivity index (χ4v) is 4.09. The van der Waals surface area contributed by atoms with Gasteiger partial charge in [0.25, 0.3) is 0 Å². The summed E-state index contributed by atoms with van der Waals surface area (Å²) < 4.78 is 0. The van der Waals surface area contributed by atoms with Gasteiger partial charge < -0.3 is 4.90 Å². The van der Waals surface area contributed by atoms with Gasteiger partial charge in [0.2, 0.25) is 5.91 Å². The summed E-state index contributed by atoms with van der Waals surface area (Å²) in [5, 5.41) is 2.02. The quantitative estimate of drug-likeness (QED) is 0.700. The number of thiazole rings is 1. The number of aryl methyl sites for hydroxylation is 1. The molecule has 3 aromatic rings. The summed E-state index contributed by atoms with van der Waals surface area (Å²) in [7, 11) is 0. The van der Waals surface area contributed by atoms with E-state index in [1.165, 1.54) is 16.7 Å². The fourth-order valence-electron chi connectivity index (χ4n) is 3.50. The molecule has 1 aliphatic heterocycles. The molecule has 0 saturated carbocycles. The van der Waals surface area contributed by atoms with Crippen molar-refractivity contribution in [3.05, 3.63) is 87.9 Å². The molecule has 0 fully saturated rings. The highest BCUT2D eigenvalue weighted by atomic mass is 32.1. The van der Waals surface area contributed by atoms with Gasteiger partial charge in [-0.2, -0.15) is 0 Å². The van der Waals surface area contributed by atoms with Gasteiger partial charge in [0.1, 0.15) is 0 Å². The molecule has 0 radical (unpaired) electrons. The van der Waals surface area contributed by atoms with Gasteiger partial charge in [-0.15, -0.1) is 11.3 Å².